The van der Waals surface area contributed by atoms with Crippen molar-refractivity contribution in [3.8, 4) is 0 Å². The number of benzene rings is 1. The van der Waals surface area contributed by atoms with Crippen molar-refractivity contribution in [1.82, 2.24) is 4.98 Å². The van der Waals surface area contributed by atoms with Gasteiger partial charge in [-0.3, -0.25) is 4.98 Å². The van der Waals surface area contributed by atoms with Crippen LogP contribution in [-0.2, 0) is 0 Å². The van der Waals surface area contributed by atoms with Gasteiger partial charge in [0.1, 0.15) is 0 Å². The minimum atomic E-state index is 0.333. The average Bonchev–Trinajstić information content (AvgIpc) is 2.41. The molecule has 0 amide bonds. The number of aromatic nitrogens is 1. The lowest BCUT2D eigenvalue weighted by Crippen LogP contribution is -2.04. The highest BCUT2D eigenvalue weighted by atomic mass is 79.9. The van der Waals surface area contributed by atoms with E-state index in [2.05, 4.69) is 72.0 Å². The highest BCUT2D eigenvalue weighted by Crippen LogP contribution is 2.39. The lowest BCUT2D eigenvalue weighted by atomic mass is 9.91. The van der Waals surface area contributed by atoms with Crippen molar-refractivity contribution >= 4 is 15.9 Å². The minimum absolute atomic E-state index is 0.333. The summed E-state index contributed by atoms with van der Waals surface area (Å²) in [6.45, 7) is 6.60. The Morgan fingerprint density at radius 1 is 1.06 bits per heavy atom. The zero-order chi connectivity index (χ0) is 13.1. The van der Waals surface area contributed by atoms with Crippen LogP contribution in [0, 0.1) is 13.8 Å². The summed E-state index contributed by atoms with van der Waals surface area (Å²) < 4.78 is 0. The Morgan fingerprint density at radius 2 is 1.72 bits per heavy atom. The molecule has 2 unspecified atom stereocenters. The van der Waals surface area contributed by atoms with Gasteiger partial charge in [-0.1, -0.05) is 41.1 Å². The standard InChI is InChI=1S/C16H18BrN/c1-11-5-4-6-15(12(11)2)16(17)13(3)14-7-9-18-10-8-14/h4-10,13,16H,1-3H3. The number of nitrogens with zero attached hydrogens (tertiary/aromatic N) is 1. The van der Waals surface area contributed by atoms with Crippen molar-refractivity contribution in [3.05, 3.63) is 65.0 Å². The van der Waals surface area contributed by atoms with E-state index in [4.69, 9.17) is 0 Å². The van der Waals surface area contributed by atoms with Gasteiger partial charge in [-0.2, -0.15) is 0 Å². The largest absolute Gasteiger partial charge is 0.265 e. The Balaban J connectivity index is 2.31. The molecule has 18 heavy (non-hydrogen) atoms. The van der Waals surface area contributed by atoms with E-state index >= 15 is 0 Å². The van der Waals surface area contributed by atoms with Gasteiger partial charge in [-0.15, -0.1) is 0 Å². The number of rotatable bonds is 3. The van der Waals surface area contributed by atoms with Crippen LogP contribution in [0.5, 0.6) is 0 Å². The third-order valence-corrected chi connectivity index (χ3v) is 4.90. The van der Waals surface area contributed by atoms with Gasteiger partial charge in [0, 0.05) is 17.2 Å². The summed E-state index contributed by atoms with van der Waals surface area (Å²) in [7, 11) is 0. The van der Waals surface area contributed by atoms with E-state index in [9.17, 15) is 0 Å². The van der Waals surface area contributed by atoms with Crippen LogP contribution in [0.4, 0.5) is 0 Å². The van der Waals surface area contributed by atoms with Crippen LogP contribution in [0.25, 0.3) is 0 Å². The molecule has 1 aromatic carbocycles. The van der Waals surface area contributed by atoms with Crippen molar-refractivity contribution in [1.29, 1.82) is 0 Å². The fourth-order valence-electron chi connectivity index (χ4n) is 2.18. The predicted molar refractivity (Wildman–Crippen MR) is 80.2 cm³/mol. The first-order chi connectivity index (χ1) is 8.61. The molecule has 0 fully saturated rings. The summed E-state index contributed by atoms with van der Waals surface area (Å²) in [6, 6.07) is 10.7. The highest BCUT2D eigenvalue weighted by molar-refractivity contribution is 9.09. The quantitative estimate of drug-likeness (QED) is 0.732. The minimum Gasteiger partial charge on any atom is -0.265 e. The Kier molecular flexibility index (Phi) is 4.18. The van der Waals surface area contributed by atoms with Crippen molar-refractivity contribution < 1.29 is 0 Å². The summed E-state index contributed by atoms with van der Waals surface area (Å²) in [5, 5.41) is 0. The number of alkyl halides is 1. The third kappa shape index (κ3) is 2.64. The number of aryl methyl sites for hydroxylation is 1. The van der Waals surface area contributed by atoms with Crippen molar-refractivity contribution in [2.45, 2.75) is 31.5 Å². The topological polar surface area (TPSA) is 12.9 Å². The summed E-state index contributed by atoms with van der Waals surface area (Å²) in [6.07, 6.45) is 3.71. The van der Waals surface area contributed by atoms with Crippen LogP contribution in [0.15, 0.2) is 42.7 Å². The van der Waals surface area contributed by atoms with E-state index in [1.165, 1.54) is 22.3 Å². The molecule has 2 rings (SSSR count). The number of hydrogen-bond donors (Lipinski definition) is 0. The smallest absolute Gasteiger partial charge is 0.0463 e. The lowest BCUT2D eigenvalue weighted by molar-refractivity contribution is 0.745. The van der Waals surface area contributed by atoms with Gasteiger partial charge in [-0.05, 0) is 54.2 Å². The average molecular weight is 304 g/mol. The Hall–Kier alpha value is -1.15. The SMILES string of the molecule is Cc1cccc(C(Br)C(C)c2ccncc2)c1C. The molecule has 0 N–H and O–H groups in total. The van der Waals surface area contributed by atoms with E-state index in [-0.39, 0.29) is 0 Å². The maximum absolute atomic E-state index is 4.08. The lowest BCUT2D eigenvalue weighted by Gasteiger charge is -2.21. The van der Waals surface area contributed by atoms with E-state index in [0.29, 0.717) is 10.7 Å². The van der Waals surface area contributed by atoms with Crippen LogP contribution in [0.3, 0.4) is 0 Å². The molecule has 0 saturated carbocycles. The third-order valence-electron chi connectivity index (χ3n) is 3.61. The second-order valence-corrected chi connectivity index (χ2v) is 5.75. The maximum Gasteiger partial charge on any atom is 0.0463 e. The fourth-order valence-corrected chi connectivity index (χ4v) is 2.98. The van der Waals surface area contributed by atoms with Crippen molar-refractivity contribution in [3.63, 3.8) is 0 Å². The molecule has 94 valence electrons. The first kappa shape index (κ1) is 13.3. The van der Waals surface area contributed by atoms with Gasteiger partial charge in [0.2, 0.25) is 0 Å². The maximum atomic E-state index is 4.08. The van der Waals surface area contributed by atoms with E-state index in [1.54, 1.807) is 0 Å². The van der Waals surface area contributed by atoms with E-state index in [0.717, 1.165) is 0 Å². The predicted octanol–water partition coefficient (Wildman–Crippen LogP) is 4.94. The van der Waals surface area contributed by atoms with Gasteiger partial charge < -0.3 is 0 Å². The van der Waals surface area contributed by atoms with Gasteiger partial charge >= 0.3 is 0 Å². The first-order valence-electron chi connectivity index (χ1n) is 6.21. The second kappa shape index (κ2) is 5.66. The molecule has 0 spiro atoms. The van der Waals surface area contributed by atoms with Crippen LogP contribution in [-0.4, -0.2) is 4.98 Å². The highest BCUT2D eigenvalue weighted by Gasteiger charge is 2.19. The van der Waals surface area contributed by atoms with Crippen LogP contribution in [0.1, 0.15) is 39.9 Å². The molecule has 0 aliphatic heterocycles. The molecule has 1 nitrogen and oxygen atoms in total. The molecule has 0 bridgehead atoms. The van der Waals surface area contributed by atoms with Crippen LogP contribution in [0.2, 0.25) is 0 Å². The number of halogens is 1. The van der Waals surface area contributed by atoms with E-state index < -0.39 is 0 Å². The summed E-state index contributed by atoms with van der Waals surface area (Å²) in [4.78, 5) is 4.41. The van der Waals surface area contributed by atoms with Crippen molar-refractivity contribution in [2.24, 2.45) is 0 Å². The second-order valence-electron chi connectivity index (χ2n) is 4.76. The molecule has 0 aliphatic rings. The van der Waals surface area contributed by atoms with Crippen LogP contribution >= 0.6 is 15.9 Å². The zero-order valence-corrected chi connectivity index (χ0v) is 12.6. The molecule has 2 atom stereocenters. The zero-order valence-electron chi connectivity index (χ0n) is 11.0. The first-order valence-corrected chi connectivity index (χ1v) is 7.13. The molecule has 0 radical (unpaired) electrons. The fraction of sp³-hybridized carbons (Fsp3) is 0.312. The normalized spacial score (nSPS) is 14.2. The monoisotopic (exact) mass is 303 g/mol. The molecular weight excluding hydrogens is 286 g/mol. The molecule has 2 aromatic rings. The Labute approximate surface area is 117 Å². The molecule has 1 aromatic heterocycles. The Bertz CT molecular complexity index is 522. The van der Waals surface area contributed by atoms with Gasteiger partial charge in [0.05, 0.1) is 0 Å². The molecular formula is C16H18BrN. The van der Waals surface area contributed by atoms with Gasteiger partial charge in [0.15, 0.2) is 0 Å². The summed E-state index contributed by atoms with van der Waals surface area (Å²) >= 11 is 3.85. The molecule has 0 aliphatic carbocycles. The van der Waals surface area contributed by atoms with E-state index in [1.807, 2.05) is 12.4 Å². The summed E-state index contributed by atoms with van der Waals surface area (Å²) in [5.41, 5.74) is 5.41. The molecule has 1 heterocycles. The molecule has 2 heteroatoms. The van der Waals surface area contributed by atoms with Crippen LogP contribution < -0.4 is 0 Å². The molecule has 0 saturated heterocycles. The Morgan fingerprint density at radius 3 is 2.39 bits per heavy atom. The number of hydrogen-bond acceptors (Lipinski definition) is 1. The number of pyridine rings is 1. The summed E-state index contributed by atoms with van der Waals surface area (Å²) in [5.74, 6) is 0.425. The van der Waals surface area contributed by atoms with Gasteiger partial charge in [-0.25, -0.2) is 0 Å². The van der Waals surface area contributed by atoms with Crippen molar-refractivity contribution in [2.75, 3.05) is 0 Å². The van der Waals surface area contributed by atoms with Gasteiger partial charge in [0.25, 0.3) is 0 Å².